The van der Waals surface area contributed by atoms with Crippen LogP contribution in [0.2, 0.25) is 0 Å². The molecule has 32 heavy (non-hydrogen) atoms. The van der Waals surface area contributed by atoms with Crippen molar-refractivity contribution in [1.29, 1.82) is 5.26 Å². The van der Waals surface area contributed by atoms with Gasteiger partial charge in [0.2, 0.25) is 0 Å². The molecule has 2 fully saturated rings. The molecule has 2 saturated heterocycles. The zero-order valence-electron chi connectivity index (χ0n) is 18.3. The molecule has 0 bridgehead atoms. The van der Waals surface area contributed by atoms with Gasteiger partial charge in [0.25, 0.3) is 5.91 Å². The third-order valence-electron chi connectivity index (χ3n) is 6.14. The van der Waals surface area contributed by atoms with Gasteiger partial charge in [-0.2, -0.15) is 5.26 Å². The summed E-state index contributed by atoms with van der Waals surface area (Å²) in [6.45, 7) is 4.43. The first-order chi connectivity index (χ1) is 15.7. The molecular formula is C26H30N4O2. The number of benzene rings is 2. The van der Waals surface area contributed by atoms with Gasteiger partial charge < -0.3 is 15.0 Å². The average Bonchev–Trinajstić information content (AvgIpc) is 3.37. The van der Waals surface area contributed by atoms with Crippen LogP contribution in [0, 0.1) is 11.3 Å². The van der Waals surface area contributed by atoms with Crippen LogP contribution in [0.15, 0.2) is 72.4 Å². The Morgan fingerprint density at radius 3 is 2.22 bits per heavy atom. The molecule has 2 aromatic carbocycles. The molecule has 6 nitrogen and oxygen atoms in total. The van der Waals surface area contributed by atoms with Gasteiger partial charge in [0, 0.05) is 45.5 Å². The lowest BCUT2D eigenvalue weighted by Crippen LogP contribution is -2.46. The second kappa shape index (κ2) is 10.9. The molecule has 0 saturated carbocycles. The quantitative estimate of drug-likeness (QED) is 0.540. The minimum atomic E-state index is -0.322. The number of nitriles is 1. The maximum atomic E-state index is 12.5. The number of hydrogen-bond donors (Lipinski definition) is 1. The molecule has 2 aliphatic heterocycles. The van der Waals surface area contributed by atoms with Crippen LogP contribution in [-0.2, 0) is 9.53 Å². The van der Waals surface area contributed by atoms with Gasteiger partial charge in [-0.05, 0) is 24.0 Å². The largest absolute Gasteiger partial charge is 0.376 e. The average molecular weight is 431 g/mol. The van der Waals surface area contributed by atoms with Gasteiger partial charge in [0.15, 0.2) is 0 Å². The fourth-order valence-corrected chi connectivity index (χ4v) is 4.44. The summed E-state index contributed by atoms with van der Waals surface area (Å²) in [5, 5.41) is 12.4. The van der Waals surface area contributed by atoms with Crippen LogP contribution in [-0.4, -0.2) is 61.1 Å². The van der Waals surface area contributed by atoms with E-state index in [4.69, 9.17) is 4.74 Å². The topological polar surface area (TPSA) is 68.6 Å². The van der Waals surface area contributed by atoms with Gasteiger partial charge in [0.05, 0.1) is 12.1 Å². The lowest BCUT2D eigenvalue weighted by atomic mass is 9.96. The number of carbonyl (C=O) groups excluding carboxylic acids is 1. The van der Waals surface area contributed by atoms with Gasteiger partial charge >= 0.3 is 0 Å². The first-order valence-corrected chi connectivity index (χ1v) is 11.3. The lowest BCUT2D eigenvalue weighted by molar-refractivity contribution is -0.117. The van der Waals surface area contributed by atoms with Crippen molar-refractivity contribution in [3.63, 3.8) is 0 Å². The van der Waals surface area contributed by atoms with Gasteiger partial charge in [-0.1, -0.05) is 60.7 Å². The lowest BCUT2D eigenvalue weighted by Gasteiger charge is -2.39. The van der Waals surface area contributed by atoms with Crippen LogP contribution >= 0.6 is 0 Å². The summed E-state index contributed by atoms with van der Waals surface area (Å²) < 4.78 is 5.54. The van der Waals surface area contributed by atoms with E-state index in [1.807, 2.05) is 12.1 Å². The summed E-state index contributed by atoms with van der Waals surface area (Å²) in [5.74, 6) is -0.322. The summed E-state index contributed by atoms with van der Waals surface area (Å²) in [5.41, 5.74) is 2.70. The molecule has 2 aliphatic rings. The highest BCUT2D eigenvalue weighted by Crippen LogP contribution is 2.29. The van der Waals surface area contributed by atoms with E-state index in [2.05, 4.69) is 69.7 Å². The van der Waals surface area contributed by atoms with Crippen LogP contribution in [0.4, 0.5) is 0 Å². The minimum Gasteiger partial charge on any atom is -0.376 e. The molecule has 1 unspecified atom stereocenters. The fraction of sp³-hybridized carbons (Fsp3) is 0.385. The Morgan fingerprint density at radius 2 is 1.69 bits per heavy atom. The minimum absolute atomic E-state index is 0.0651. The highest BCUT2D eigenvalue weighted by molar-refractivity contribution is 5.97. The van der Waals surface area contributed by atoms with Crippen molar-refractivity contribution in [1.82, 2.24) is 15.1 Å². The molecule has 0 spiro atoms. The molecule has 0 radical (unpaired) electrons. The maximum Gasteiger partial charge on any atom is 0.263 e. The molecule has 166 valence electrons. The highest BCUT2D eigenvalue weighted by atomic mass is 16.5. The van der Waals surface area contributed by atoms with E-state index in [0.717, 1.165) is 45.6 Å². The Labute approximate surface area is 190 Å². The molecule has 2 heterocycles. The van der Waals surface area contributed by atoms with Gasteiger partial charge in [0.1, 0.15) is 11.6 Å². The third kappa shape index (κ3) is 5.56. The van der Waals surface area contributed by atoms with E-state index in [1.165, 1.54) is 11.1 Å². The standard InChI is InChI=1S/C26H30N4O2/c27-18-23(26(31)28-19-24-12-7-17-32-24)20-29-13-15-30(16-14-29)25(21-8-3-1-4-9-21)22-10-5-2-6-11-22/h1-6,8-11,20,24-25H,7,12-17,19H2,(H,28,31)/b23-20-. The monoisotopic (exact) mass is 430 g/mol. The Kier molecular flexibility index (Phi) is 7.55. The van der Waals surface area contributed by atoms with Crippen molar-refractivity contribution in [2.24, 2.45) is 0 Å². The van der Waals surface area contributed by atoms with Crippen molar-refractivity contribution in [3.05, 3.63) is 83.6 Å². The molecule has 0 aliphatic carbocycles. The summed E-state index contributed by atoms with van der Waals surface area (Å²) in [4.78, 5) is 17.0. The van der Waals surface area contributed by atoms with Crippen LogP contribution in [0.5, 0.6) is 0 Å². The second-order valence-corrected chi connectivity index (χ2v) is 8.30. The first kappa shape index (κ1) is 22.1. The fourth-order valence-electron chi connectivity index (χ4n) is 4.44. The number of ether oxygens (including phenoxy) is 1. The van der Waals surface area contributed by atoms with E-state index in [1.54, 1.807) is 6.20 Å². The van der Waals surface area contributed by atoms with E-state index in [0.29, 0.717) is 6.54 Å². The van der Waals surface area contributed by atoms with Crippen molar-refractivity contribution >= 4 is 5.91 Å². The van der Waals surface area contributed by atoms with Crippen molar-refractivity contribution in [2.45, 2.75) is 25.0 Å². The third-order valence-corrected chi connectivity index (χ3v) is 6.14. The van der Waals surface area contributed by atoms with Crippen LogP contribution in [0.3, 0.4) is 0 Å². The zero-order valence-corrected chi connectivity index (χ0v) is 18.3. The zero-order chi connectivity index (χ0) is 22.2. The predicted octanol–water partition coefficient (Wildman–Crippen LogP) is 3.10. The summed E-state index contributed by atoms with van der Waals surface area (Å²) in [7, 11) is 0. The number of rotatable bonds is 7. The normalized spacial score (nSPS) is 19.7. The van der Waals surface area contributed by atoms with E-state index in [-0.39, 0.29) is 23.6 Å². The highest BCUT2D eigenvalue weighted by Gasteiger charge is 2.26. The Bertz CT molecular complexity index is 901. The van der Waals surface area contributed by atoms with E-state index >= 15 is 0 Å². The molecule has 6 heteroatoms. The molecule has 1 atom stereocenters. The Morgan fingerprint density at radius 1 is 1.06 bits per heavy atom. The van der Waals surface area contributed by atoms with Crippen molar-refractivity contribution in [3.8, 4) is 6.07 Å². The van der Waals surface area contributed by atoms with Crippen LogP contribution in [0.1, 0.15) is 30.0 Å². The number of hydrogen-bond acceptors (Lipinski definition) is 5. The Balaban J connectivity index is 1.39. The van der Waals surface area contributed by atoms with E-state index < -0.39 is 0 Å². The molecule has 1 N–H and O–H groups in total. The van der Waals surface area contributed by atoms with Crippen molar-refractivity contribution in [2.75, 3.05) is 39.3 Å². The number of amides is 1. The van der Waals surface area contributed by atoms with Crippen LogP contribution < -0.4 is 5.32 Å². The number of nitrogens with zero attached hydrogens (tertiary/aromatic N) is 3. The smallest absolute Gasteiger partial charge is 0.263 e. The molecule has 0 aromatic heterocycles. The van der Waals surface area contributed by atoms with Gasteiger partial charge in [-0.3, -0.25) is 9.69 Å². The maximum absolute atomic E-state index is 12.5. The summed E-state index contributed by atoms with van der Waals surface area (Å²) in [6, 6.07) is 23.4. The SMILES string of the molecule is N#C/C(=C/N1CCN(C(c2ccccc2)c2ccccc2)CC1)C(=O)NCC1CCCO1. The number of piperazine rings is 1. The van der Waals surface area contributed by atoms with E-state index in [9.17, 15) is 10.1 Å². The van der Waals surface area contributed by atoms with Crippen LogP contribution in [0.25, 0.3) is 0 Å². The van der Waals surface area contributed by atoms with Gasteiger partial charge in [-0.15, -0.1) is 0 Å². The Hall–Kier alpha value is -3.14. The first-order valence-electron chi connectivity index (χ1n) is 11.3. The molecule has 4 rings (SSSR count). The predicted molar refractivity (Wildman–Crippen MR) is 124 cm³/mol. The summed E-state index contributed by atoms with van der Waals surface area (Å²) >= 11 is 0. The molecule has 1 amide bonds. The summed E-state index contributed by atoms with van der Waals surface area (Å²) in [6.07, 6.45) is 3.76. The molecule has 2 aromatic rings. The number of nitrogens with one attached hydrogen (secondary N) is 1. The van der Waals surface area contributed by atoms with Crippen molar-refractivity contribution < 1.29 is 9.53 Å². The van der Waals surface area contributed by atoms with Gasteiger partial charge in [-0.25, -0.2) is 0 Å². The number of carbonyl (C=O) groups is 1. The molecular weight excluding hydrogens is 400 g/mol. The second-order valence-electron chi connectivity index (χ2n) is 8.30.